The molecular weight excluding hydrogens is 222 g/mol. The molecule has 2 heteroatoms. The van der Waals surface area contributed by atoms with Crippen molar-refractivity contribution < 1.29 is 4.74 Å². The number of benzene rings is 1. The lowest BCUT2D eigenvalue weighted by Gasteiger charge is -2.33. The quantitative estimate of drug-likeness (QED) is 0.882. The summed E-state index contributed by atoms with van der Waals surface area (Å²) in [4.78, 5) is 0. The normalized spacial score (nSPS) is 18.8. The molecule has 18 heavy (non-hydrogen) atoms. The van der Waals surface area contributed by atoms with Crippen LogP contribution in [0.25, 0.3) is 0 Å². The third-order valence-corrected chi connectivity index (χ3v) is 4.15. The van der Waals surface area contributed by atoms with Crippen LogP contribution in [0.5, 0.6) is 0 Å². The van der Waals surface area contributed by atoms with E-state index in [1.165, 1.54) is 29.5 Å². The van der Waals surface area contributed by atoms with Crippen molar-refractivity contribution in [2.45, 2.75) is 40.2 Å². The lowest BCUT2D eigenvalue weighted by molar-refractivity contribution is 0.0240. The highest BCUT2D eigenvalue weighted by atomic mass is 16.5. The summed E-state index contributed by atoms with van der Waals surface area (Å²) in [6.07, 6.45) is 2.35. The summed E-state index contributed by atoms with van der Waals surface area (Å²) in [6, 6.07) is 6.72. The monoisotopic (exact) mass is 247 g/mol. The highest BCUT2D eigenvalue weighted by Gasteiger charge is 2.26. The van der Waals surface area contributed by atoms with E-state index in [0.29, 0.717) is 5.41 Å². The summed E-state index contributed by atoms with van der Waals surface area (Å²) in [5.41, 5.74) is 4.55. The fourth-order valence-electron chi connectivity index (χ4n) is 2.46. The van der Waals surface area contributed by atoms with E-state index >= 15 is 0 Å². The lowest BCUT2D eigenvalue weighted by Crippen LogP contribution is -2.36. The predicted molar refractivity (Wildman–Crippen MR) is 75.8 cm³/mol. The van der Waals surface area contributed by atoms with Gasteiger partial charge in [0.1, 0.15) is 0 Å². The van der Waals surface area contributed by atoms with Crippen LogP contribution in [0.2, 0.25) is 0 Å². The second-order valence-electron chi connectivity index (χ2n) is 5.95. The number of hydrogen-bond donors (Lipinski definition) is 1. The van der Waals surface area contributed by atoms with Crippen LogP contribution in [0.15, 0.2) is 18.2 Å². The van der Waals surface area contributed by atoms with E-state index in [0.717, 1.165) is 26.3 Å². The van der Waals surface area contributed by atoms with E-state index in [4.69, 9.17) is 4.74 Å². The first-order valence-corrected chi connectivity index (χ1v) is 6.94. The Hall–Kier alpha value is -0.860. The molecule has 0 unspecified atom stereocenters. The summed E-state index contributed by atoms with van der Waals surface area (Å²) >= 11 is 0. The molecule has 0 aliphatic carbocycles. The van der Waals surface area contributed by atoms with Gasteiger partial charge in [0.15, 0.2) is 0 Å². The molecule has 1 saturated heterocycles. The van der Waals surface area contributed by atoms with Gasteiger partial charge in [-0.2, -0.15) is 0 Å². The molecule has 0 saturated carbocycles. The second-order valence-corrected chi connectivity index (χ2v) is 5.95. The third kappa shape index (κ3) is 3.56. The molecule has 1 aliphatic rings. The average Bonchev–Trinajstić information content (AvgIpc) is 2.34. The summed E-state index contributed by atoms with van der Waals surface area (Å²) in [5.74, 6) is 0. The van der Waals surface area contributed by atoms with Crippen LogP contribution < -0.4 is 5.32 Å². The maximum atomic E-state index is 5.43. The maximum Gasteiger partial charge on any atom is 0.0471 e. The van der Waals surface area contributed by atoms with Crippen LogP contribution in [-0.4, -0.2) is 19.8 Å². The number of ether oxygens (including phenoxy) is 1. The van der Waals surface area contributed by atoms with Gasteiger partial charge in [-0.3, -0.25) is 0 Å². The van der Waals surface area contributed by atoms with Crippen LogP contribution in [0.4, 0.5) is 0 Å². The Bertz CT molecular complexity index is 394. The molecule has 1 aliphatic heterocycles. The molecule has 0 bridgehead atoms. The summed E-state index contributed by atoms with van der Waals surface area (Å²) in [5, 5.41) is 3.60. The van der Waals surface area contributed by atoms with Gasteiger partial charge in [0.2, 0.25) is 0 Å². The minimum Gasteiger partial charge on any atom is -0.381 e. The topological polar surface area (TPSA) is 21.3 Å². The minimum atomic E-state index is 0.415. The van der Waals surface area contributed by atoms with Gasteiger partial charge in [0.25, 0.3) is 0 Å². The van der Waals surface area contributed by atoms with Gasteiger partial charge in [0, 0.05) is 26.3 Å². The Morgan fingerprint density at radius 3 is 2.56 bits per heavy atom. The molecule has 0 atom stereocenters. The largest absolute Gasteiger partial charge is 0.381 e. The molecule has 100 valence electrons. The van der Waals surface area contributed by atoms with Gasteiger partial charge in [0.05, 0.1) is 0 Å². The molecule has 2 rings (SSSR count). The predicted octanol–water partition coefficient (Wildman–Crippen LogP) is 3.21. The van der Waals surface area contributed by atoms with Crippen molar-refractivity contribution in [2.75, 3.05) is 19.8 Å². The highest BCUT2D eigenvalue weighted by molar-refractivity contribution is 5.29. The third-order valence-electron chi connectivity index (χ3n) is 4.15. The summed E-state index contributed by atoms with van der Waals surface area (Å²) in [7, 11) is 0. The lowest BCUT2D eigenvalue weighted by atomic mass is 9.82. The highest BCUT2D eigenvalue weighted by Crippen LogP contribution is 2.28. The fraction of sp³-hybridized carbons (Fsp3) is 0.625. The van der Waals surface area contributed by atoms with Crippen molar-refractivity contribution in [3.05, 3.63) is 34.9 Å². The number of nitrogens with one attached hydrogen (secondary N) is 1. The van der Waals surface area contributed by atoms with Gasteiger partial charge in [-0.15, -0.1) is 0 Å². The zero-order valence-electron chi connectivity index (χ0n) is 11.9. The van der Waals surface area contributed by atoms with Crippen LogP contribution in [-0.2, 0) is 11.3 Å². The van der Waals surface area contributed by atoms with Crippen molar-refractivity contribution in [1.82, 2.24) is 5.32 Å². The molecule has 1 heterocycles. The second kappa shape index (κ2) is 5.85. The molecule has 1 aromatic carbocycles. The van der Waals surface area contributed by atoms with E-state index in [-0.39, 0.29) is 0 Å². The molecule has 0 aromatic heterocycles. The Kier molecular flexibility index (Phi) is 4.41. The maximum absolute atomic E-state index is 5.43. The summed E-state index contributed by atoms with van der Waals surface area (Å²) < 4.78 is 5.43. The van der Waals surface area contributed by atoms with Gasteiger partial charge in [-0.05, 0) is 48.8 Å². The fourth-order valence-corrected chi connectivity index (χ4v) is 2.46. The molecule has 0 amide bonds. The molecule has 1 fully saturated rings. The van der Waals surface area contributed by atoms with E-state index in [1.54, 1.807) is 0 Å². The van der Waals surface area contributed by atoms with Crippen LogP contribution in [0.3, 0.4) is 0 Å². The first-order valence-electron chi connectivity index (χ1n) is 6.94. The Morgan fingerprint density at radius 1 is 1.17 bits per heavy atom. The zero-order chi connectivity index (χ0) is 13.0. The van der Waals surface area contributed by atoms with Crippen LogP contribution >= 0.6 is 0 Å². The van der Waals surface area contributed by atoms with Crippen molar-refractivity contribution in [2.24, 2.45) is 5.41 Å². The van der Waals surface area contributed by atoms with E-state index in [1.807, 2.05) is 0 Å². The SMILES string of the molecule is Cc1ccc(CNCC2(C)CCOCC2)cc1C. The molecule has 1 aromatic rings. The Labute approximate surface area is 111 Å². The van der Waals surface area contributed by atoms with Crippen molar-refractivity contribution in [3.8, 4) is 0 Å². The Morgan fingerprint density at radius 2 is 1.89 bits per heavy atom. The first kappa shape index (κ1) is 13.6. The molecular formula is C16H25NO. The molecule has 2 nitrogen and oxygen atoms in total. The number of rotatable bonds is 4. The van der Waals surface area contributed by atoms with E-state index < -0.39 is 0 Å². The van der Waals surface area contributed by atoms with E-state index in [9.17, 15) is 0 Å². The Balaban J connectivity index is 1.82. The van der Waals surface area contributed by atoms with Gasteiger partial charge in [-0.25, -0.2) is 0 Å². The molecule has 0 spiro atoms. The van der Waals surface area contributed by atoms with Crippen molar-refractivity contribution in [3.63, 3.8) is 0 Å². The van der Waals surface area contributed by atoms with Crippen molar-refractivity contribution >= 4 is 0 Å². The zero-order valence-corrected chi connectivity index (χ0v) is 11.9. The standard InChI is InChI=1S/C16H25NO/c1-13-4-5-15(10-14(13)2)11-17-12-16(3)6-8-18-9-7-16/h4-5,10,17H,6-9,11-12H2,1-3H3. The number of hydrogen-bond acceptors (Lipinski definition) is 2. The molecule has 0 radical (unpaired) electrons. The van der Waals surface area contributed by atoms with Gasteiger partial charge >= 0.3 is 0 Å². The van der Waals surface area contributed by atoms with Crippen LogP contribution in [0.1, 0.15) is 36.5 Å². The smallest absolute Gasteiger partial charge is 0.0471 e. The van der Waals surface area contributed by atoms with Crippen molar-refractivity contribution in [1.29, 1.82) is 0 Å². The minimum absolute atomic E-state index is 0.415. The summed E-state index contributed by atoms with van der Waals surface area (Å²) in [6.45, 7) is 10.6. The average molecular weight is 247 g/mol. The van der Waals surface area contributed by atoms with Gasteiger partial charge in [-0.1, -0.05) is 25.1 Å². The van der Waals surface area contributed by atoms with Gasteiger partial charge < -0.3 is 10.1 Å². The number of aryl methyl sites for hydroxylation is 2. The molecule has 1 N–H and O–H groups in total. The van der Waals surface area contributed by atoms with Crippen LogP contribution in [0, 0.1) is 19.3 Å². The van der Waals surface area contributed by atoms with E-state index in [2.05, 4.69) is 44.3 Å². The first-order chi connectivity index (χ1) is 8.59.